The highest BCUT2D eigenvalue weighted by Gasteiger charge is 2.43. The number of benzene rings is 1. The summed E-state index contributed by atoms with van der Waals surface area (Å²) in [6.45, 7) is 1.45. The van der Waals surface area contributed by atoms with E-state index in [0.717, 1.165) is 57.2 Å². The Kier molecular flexibility index (Phi) is 5.79. The van der Waals surface area contributed by atoms with Crippen molar-refractivity contribution in [3.05, 3.63) is 35.9 Å². The lowest BCUT2D eigenvalue weighted by atomic mass is 9.67. The molecule has 1 aromatic rings. The zero-order valence-electron chi connectivity index (χ0n) is 16.3. The van der Waals surface area contributed by atoms with Crippen molar-refractivity contribution in [2.75, 3.05) is 13.1 Å². The van der Waals surface area contributed by atoms with Crippen LogP contribution >= 0.6 is 0 Å². The molecule has 1 unspecified atom stereocenters. The Hall–Kier alpha value is -2.17. The summed E-state index contributed by atoms with van der Waals surface area (Å²) in [7, 11) is 0. The predicted molar refractivity (Wildman–Crippen MR) is 104 cm³/mol. The third-order valence-corrected chi connectivity index (χ3v) is 6.61. The molecule has 4 rings (SSSR count). The van der Waals surface area contributed by atoms with Crippen molar-refractivity contribution in [3.8, 4) is 0 Å². The van der Waals surface area contributed by atoms with Gasteiger partial charge in [0.1, 0.15) is 5.78 Å². The Labute approximate surface area is 166 Å². The van der Waals surface area contributed by atoms with Gasteiger partial charge in [-0.05, 0) is 44.9 Å². The molecule has 28 heavy (non-hydrogen) atoms. The summed E-state index contributed by atoms with van der Waals surface area (Å²) in [5.74, 6) is -0.376. The van der Waals surface area contributed by atoms with Crippen LogP contribution in [0.25, 0.3) is 0 Å². The average Bonchev–Trinajstić information content (AvgIpc) is 2.72. The molecule has 1 amide bonds. The molecule has 5 heteroatoms. The lowest BCUT2D eigenvalue weighted by Crippen LogP contribution is -2.42. The number of ketones is 1. The van der Waals surface area contributed by atoms with E-state index in [9.17, 15) is 14.4 Å². The van der Waals surface area contributed by atoms with E-state index in [1.807, 2.05) is 35.2 Å². The van der Waals surface area contributed by atoms with E-state index in [2.05, 4.69) is 0 Å². The Bertz CT molecular complexity index is 709. The van der Waals surface area contributed by atoms with Crippen LogP contribution in [0.15, 0.2) is 30.3 Å². The summed E-state index contributed by atoms with van der Waals surface area (Å²) in [6.07, 6.45) is 6.24. The van der Waals surface area contributed by atoms with Crippen LogP contribution in [0, 0.1) is 17.8 Å². The number of esters is 1. The summed E-state index contributed by atoms with van der Waals surface area (Å²) in [5.41, 5.74) is 0.721. The van der Waals surface area contributed by atoms with Crippen LogP contribution in [0.1, 0.15) is 63.0 Å². The number of ether oxygens (including phenoxy) is 1. The Morgan fingerprint density at radius 2 is 1.57 bits per heavy atom. The second-order valence-electron chi connectivity index (χ2n) is 8.51. The number of nitrogens with zero attached hydrogens (tertiary/aromatic N) is 1. The molecule has 0 spiro atoms. The minimum atomic E-state index is -0.885. The fourth-order valence-corrected chi connectivity index (χ4v) is 5.05. The van der Waals surface area contributed by atoms with Crippen LogP contribution in [0.5, 0.6) is 0 Å². The van der Waals surface area contributed by atoms with Gasteiger partial charge < -0.3 is 9.64 Å². The first-order valence-corrected chi connectivity index (χ1v) is 10.7. The van der Waals surface area contributed by atoms with E-state index in [1.54, 1.807) is 0 Å². The Morgan fingerprint density at radius 3 is 2.21 bits per heavy atom. The van der Waals surface area contributed by atoms with Crippen LogP contribution in [-0.4, -0.2) is 35.6 Å². The monoisotopic (exact) mass is 383 g/mol. The number of hydrogen-bond acceptors (Lipinski definition) is 4. The summed E-state index contributed by atoms with van der Waals surface area (Å²) < 4.78 is 5.85. The van der Waals surface area contributed by atoms with Crippen LogP contribution in [0.4, 0.5) is 0 Å². The topological polar surface area (TPSA) is 63.7 Å². The maximum absolute atomic E-state index is 13.2. The molecule has 1 aliphatic heterocycles. The van der Waals surface area contributed by atoms with Gasteiger partial charge in [-0.3, -0.25) is 14.4 Å². The van der Waals surface area contributed by atoms with Gasteiger partial charge in [-0.2, -0.15) is 0 Å². The first-order chi connectivity index (χ1) is 13.6. The molecule has 1 heterocycles. The van der Waals surface area contributed by atoms with Gasteiger partial charge in [0, 0.05) is 30.5 Å². The summed E-state index contributed by atoms with van der Waals surface area (Å²) in [4.78, 5) is 40.3. The molecule has 4 atom stereocenters. The fourth-order valence-electron chi connectivity index (χ4n) is 5.05. The summed E-state index contributed by atoms with van der Waals surface area (Å²) >= 11 is 0. The van der Waals surface area contributed by atoms with Gasteiger partial charge in [-0.1, -0.05) is 36.8 Å². The van der Waals surface area contributed by atoms with Gasteiger partial charge >= 0.3 is 5.97 Å². The van der Waals surface area contributed by atoms with E-state index < -0.39 is 6.10 Å². The molecule has 3 aliphatic rings. The highest BCUT2D eigenvalue weighted by Crippen LogP contribution is 2.41. The highest BCUT2D eigenvalue weighted by atomic mass is 16.5. The lowest BCUT2D eigenvalue weighted by Gasteiger charge is -2.37. The van der Waals surface area contributed by atoms with Gasteiger partial charge in [-0.25, -0.2) is 0 Å². The van der Waals surface area contributed by atoms with Gasteiger partial charge in [0.25, 0.3) is 5.91 Å². The molecule has 3 fully saturated rings. The molecule has 2 aliphatic carbocycles. The summed E-state index contributed by atoms with van der Waals surface area (Å²) in [6, 6.07) is 9.31. The van der Waals surface area contributed by atoms with Crippen molar-refractivity contribution in [2.24, 2.45) is 17.8 Å². The highest BCUT2D eigenvalue weighted by molar-refractivity contribution is 5.89. The Morgan fingerprint density at radius 1 is 0.929 bits per heavy atom. The number of carbonyl (C=O) groups excluding carboxylic acids is 3. The summed E-state index contributed by atoms with van der Waals surface area (Å²) in [5, 5.41) is 0. The fraction of sp³-hybridized carbons (Fsp3) is 0.609. The first kappa shape index (κ1) is 19.2. The molecule has 2 bridgehead atoms. The zero-order chi connectivity index (χ0) is 19.5. The maximum atomic E-state index is 13.2. The quantitative estimate of drug-likeness (QED) is 0.744. The number of rotatable bonds is 4. The van der Waals surface area contributed by atoms with E-state index in [-0.39, 0.29) is 29.6 Å². The molecule has 2 saturated carbocycles. The van der Waals surface area contributed by atoms with E-state index >= 15 is 0 Å². The zero-order valence-corrected chi connectivity index (χ0v) is 16.3. The second-order valence-corrected chi connectivity index (χ2v) is 8.51. The Balaban J connectivity index is 1.50. The second kappa shape index (κ2) is 8.46. The van der Waals surface area contributed by atoms with Crippen LogP contribution in [0.3, 0.4) is 0 Å². The number of piperidine rings is 1. The molecular weight excluding hydrogens is 354 g/mol. The van der Waals surface area contributed by atoms with Crippen LogP contribution in [0.2, 0.25) is 0 Å². The van der Waals surface area contributed by atoms with Crippen molar-refractivity contribution in [3.63, 3.8) is 0 Å². The van der Waals surface area contributed by atoms with Gasteiger partial charge in [0.05, 0.1) is 5.92 Å². The van der Waals surface area contributed by atoms with Crippen molar-refractivity contribution in [1.82, 2.24) is 4.90 Å². The average molecular weight is 383 g/mol. The van der Waals surface area contributed by atoms with Crippen LogP contribution in [-0.2, 0) is 19.1 Å². The number of likely N-dealkylation sites (tertiary alicyclic amines) is 1. The number of fused-ring (bicyclic) bond motifs is 2. The normalized spacial score (nSPS) is 28.5. The van der Waals surface area contributed by atoms with Crippen molar-refractivity contribution < 1.29 is 19.1 Å². The number of Topliss-reactive ketones (excluding diaryl/α,β-unsaturated/α-hetero) is 1. The van der Waals surface area contributed by atoms with E-state index in [1.165, 1.54) is 0 Å². The van der Waals surface area contributed by atoms with Gasteiger partial charge in [-0.15, -0.1) is 0 Å². The molecule has 1 saturated heterocycles. The molecule has 5 nitrogen and oxygen atoms in total. The molecular formula is C23H29NO4. The molecule has 0 N–H and O–H groups in total. The van der Waals surface area contributed by atoms with Gasteiger partial charge in [0.2, 0.25) is 6.10 Å². The standard InChI is InChI=1S/C23H29NO4/c25-20-17-10-7-11-18(20)15-19(14-17)23(27)28-21(16-8-3-1-4-9-16)22(26)24-12-5-2-6-13-24/h1,3-4,8-9,17-19,21H,2,5-7,10-15H2/t17-,18+,19?,21-/m0/s1. The largest absolute Gasteiger partial charge is 0.447 e. The smallest absolute Gasteiger partial charge is 0.310 e. The molecule has 0 radical (unpaired) electrons. The van der Waals surface area contributed by atoms with E-state index in [0.29, 0.717) is 18.6 Å². The first-order valence-electron chi connectivity index (χ1n) is 10.7. The van der Waals surface area contributed by atoms with E-state index in [4.69, 9.17) is 4.74 Å². The van der Waals surface area contributed by atoms with Crippen molar-refractivity contribution >= 4 is 17.7 Å². The molecule has 150 valence electrons. The predicted octanol–water partition coefficient (Wildman–Crippen LogP) is 3.68. The maximum Gasteiger partial charge on any atom is 0.310 e. The molecule has 0 aromatic heterocycles. The third kappa shape index (κ3) is 3.98. The number of amides is 1. The van der Waals surface area contributed by atoms with Crippen molar-refractivity contribution in [1.29, 1.82) is 0 Å². The number of carbonyl (C=O) groups is 3. The molecule has 1 aromatic carbocycles. The minimum absolute atomic E-state index is 0.00183. The number of hydrogen-bond donors (Lipinski definition) is 0. The minimum Gasteiger partial charge on any atom is -0.447 e. The lowest BCUT2D eigenvalue weighted by molar-refractivity contribution is -0.167. The SMILES string of the molecule is O=C(O[C@H](C(=O)N1CCCCC1)c1ccccc1)C1C[C@H]2CCC[C@@H](C1)C2=O. The third-order valence-electron chi connectivity index (χ3n) is 6.61. The van der Waals surface area contributed by atoms with Crippen LogP contribution < -0.4 is 0 Å². The van der Waals surface area contributed by atoms with Crippen molar-refractivity contribution in [2.45, 2.75) is 57.5 Å². The van der Waals surface area contributed by atoms with Gasteiger partial charge in [0.15, 0.2) is 0 Å².